The summed E-state index contributed by atoms with van der Waals surface area (Å²) in [6.07, 6.45) is 0. The van der Waals surface area contributed by atoms with Crippen molar-refractivity contribution in [2.45, 2.75) is 26.6 Å². The summed E-state index contributed by atoms with van der Waals surface area (Å²) < 4.78 is 5.89. The fraction of sp³-hybridized carbons (Fsp3) is 0.182. The summed E-state index contributed by atoms with van der Waals surface area (Å²) in [7, 11) is 0. The molecule has 0 aliphatic rings. The summed E-state index contributed by atoms with van der Waals surface area (Å²) in [5.41, 5.74) is 4.78. The average Bonchev–Trinajstić information content (AvgIpc) is 2.63. The molecule has 0 heterocycles. The fourth-order valence-electron chi connectivity index (χ4n) is 2.69. The van der Waals surface area contributed by atoms with E-state index in [9.17, 15) is 0 Å². The lowest BCUT2D eigenvalue weighted by atomic mass is 10.1. The van der Waals surface area contributed by atoms with Crippen LogP contribution >= 0.6 is 23.2 Å². The molecule has 0 aromatic heterocycles. The molecular weight excluding hydrogens is 365 g/mol. The van der Waals surface area contributed by atoms with E-state index in [1.54, 1.807) is 6.07 Å². The fourth-order valence-corrected chi connectivity index (χ4v) is 3.15. The van der Waals surface area contributed by atoms with Gasteiger partial charge in [0.05, 0.1) is 0 Å². The Balaban J connectivity index is 1.53. The van der Waals surface area contributed by atoms with Gasteiger partial charge in [-0.25, -0.2) is 0 Å². The van der Waals surface area contributed by atoms with Crippen LogP contribution in [0.2, 0.25) is 10.0 Å². The molecule has 0 saturated heterocycles. The number of quaternary nitrogens is 1. The van der Waals surface area contributed by atoms with E-state index in [-0.39, 0.29) is 0 Å². The average molecular weight is 387 g/mol. The van der Waals surface area contributed by atoms with E-state index in [2.05, 4.69) is 48.6 Å². The molecule has 0 spiro atoms. The SMILES string of the molecule is Cc1ccc(C[NH2+]Cc2cccc(OCc3ccc(Cl)cc3Cl)c2)cc1. The van der Waals surface area contributed by atoms with Gasteiger partial charge in [0.15, 0.2) is 0 Å². The molecule has 26 heavy (non-hydrogen) atoms. The summed E-state index contributed by atoms with van der Waals surface area (Å²) >= 11 is 12.1. The Bertz CT molecular complexity index is 862. The van der Waals surface area contributed by atoms with E-state index in [0.717, 1.165) is 24.4 Å². The molecule has 2 N–H and O–H groups in total. The Morgan fingerprint density at radius 1 is 0.846 bits per heavy atom. The van der Waals surface area contributed by atoms with Gasteiger partial charge in [-0.1, -0.05) is 71.2 Å². The molecule has 0 atom stereocenters. The summed E-state index contributed by atoms with van der Waals surface area (Å²) in [6, 6.07) is 22.3. The van der Waals surface area contributed by atoms with Crippen molar-refractivity contribution in [1.82, 2.24) is 0 Å². The van der Waals surface area contributed by atoms with E-state index < -0.39 is 0 Å². The van der Waals surface area contributed by atoms with Crippen molar-refractivity contribution in [1.29, 1.82) is 0 Å². The second kappa shape index (κ2) is 9.09. The smallest absolute Gasteiger partial charge is 0.120 e. The van der Waals surface area contributed by atoms with Crippen molar-refractivity contribution < 1.29 is 10.1 Å². The Hall–Kier alpha value is -2.00. The predicted octanol–water partition coefficient (Wildman–Crippen LogP) is 5.14. The maximum Gasteiger partial charge on any atom is 0.120 e. The second-order valence-electron chi connectivity index (χ2n) is 6.35. The van der Waals surface area contributed by atoms with Crippen LogP contribution in [-0.2, 0) is 19.7 Å². The van der Waals surface area contributed by atoms with Gasteiger partial charge in [-0.05, 0) is 31.2 Å². The third-order valence-electron chi connectivity index (χ3n) is 4.19. The molecular formula is C22H22Cl2NO+. The van der Waals surface area contributed by atoms with E-state index in [1.807, 2.05) is 24.3 Å². The minimum absolute atomic E-state index is 0.423. The maximum absolute atomic E-state index is 6.19. The number of halogens is 2. The van der Waals surface area contributed by atoms with Crippen LogP contribution < -0.4 is 10.1 Å². The molecule has 0 aliphatic heterocycles. The topological polar surface area (TPSA) is 25.8 Å². The molecule has 3 aromatic rings. The van der Waals surface area contributed by atoms with Gasteiger partial charge in [0.2, 0.25) is 0 Å². The first kappa shape index (κ1) is 18.8. The minimum atomic E-state index is 0.423. The van der Waals surface area contributed by atoms with Gasteiger partial charge in [-0.3, -0.25) is 0 Å². The maximum atomic E-state index is 6.19. The van der Waals surface area contributed by atoms with Crippen molar-refractivity contribution in [3.05, 3.63) is 99.0 Å². The molecule has 0 unspecified atom stereocenters. The van der Waals surface area contributed by atoms with Crippen molar-refractivity contribution in [2.75, 3.05) is 0 Å². The van der Waals surface area contributed by atoms with Crippen LogP contribution in [0, 0.1) is 6.92 Å². The van der Waals surface area contributed by atoms with Crippen LogP contribution in [0.15, 0.2) is 66.7 Å². The molecule has 0 amide bonds. The third-order valence-corrected chi connectivity index (χ3v) is 4.78. The van der Waals surface area contributed by atoms with Gasteiger partial charge in [-0.15, -0.1) is 0 Å². The van der Waals surface area contributed by atoms with Gasteiger partial charge in [0.25, 0.3) is 0 Å². The van der Waals surface area contributed by atoms with E-state index >= 15 is 0 Å². The standard InChI is InChI=1S/C22H21Cl2NO/c1-16-5-7-17(8-6-16)13-25-14-18-3-2-4-21(11-18)26-15-19-9-10-20(23)12-22(19)24/h2-12,25H,13-15H2,1H3/p+1. The van der Waals surface area contributed by atoms with Crippen LogP contribution in [-0.4, -0.2) is 0 Å². The highest BCUT2D eigenvalue weighted by Gasteiger charge is 2.04. The molecule has 134 valence electrons. The van der Waals surface area contributed by atoms with Crippen LogP contribution in [0.5, 0.6) is 5.75 Å². The molecule has 0 fully saturated rings. The van der Waals surface area contributed by atoms with Crippen molar-refractivity contribution >= 4 is 23.2 Å². The molecule has 3 aromatic carbocycles. The second-order valence-corrected chi connectivity index (χ2v) is 7.20. The lowest BCUT2D eigenvalue weighted by Crippen LogP contribution is -2.80. The number of benzene rings is 3. The zero-order chi connectivity index (χ0) is 18.4. The molecule has 0 bridgehead atoms. The van der Waals surface area contributed by atoms with Crippen LogP contribution in [0.4, 0.5) is 0 Å². The van der Waals surface area contributed by atoms with Crippen molar-refractivity contribution in [3.8, 4) is 5.75 Å². The van der Waals surface area contributed by atoms with Crippen LogP contribution in [0.3, 0.4) is 0 Å². The molecule has 3 rings (SSSR count). The number of hydrogen-bond acceptors (Lipinski definition) is 1. The third kappa shape index (κ3) is 5.50. The number of hydrogen-bond donors (Lipinski definition) is 1. The van der Waals surface area contributed by atoms with Crippen LogP contribution in [0.25, 0.3) is 0 Å². The van der Waals surface area contributed by atoms with E-state index in [1.165, 1.54) is 16.7 Å². The first-order valence-corrected chi connectivity index (χ1v) is 9.38. The minimum Gasteiger partial charge on any atom is -0.489 e. The zero-order valence-electron chi connectivity index (χ0n) is 14.7. The molecule has 4 heteroatoms. The first-order valence-electron chi connectivity index (χ1n) is 8.63. The Morgan fingerprint density at radius 2 is 1.62 bits per heavy atom. The normalized spacial score (nSPS) is 10.7. The number of ether oxygens (including phenoxy) is 1. The first-order chi connectivity index (χ1) is 12.6. The Kier molecular flexibility index (Phi) is 6.56. The zero-order valence-corrected chi connectivity index (χ0v) is 16.2. The van der Waals surface area contributed by atoms with Gasteiger partial charge >= 0.3 is 0 Å². The Labute approximate surface area is 164 Å². The molecule has 2 nitrogen and oxygen atoms in total. The van der Waals surface area contributed by atoms with Crippen LogP contribution in [0.1, 0.15) is 22.3 Å². The largest absolute Gasteiger partial charge is 0.489 e. The highest BCUT2D eigenvalue weighted by atomic mass is 35.5. The van der Waals surface area contributed by atoms with Gasteiger partial charge < -0.3 is 10.1 Å². The number of nitrogens with two attached hydrogens (primary N) is 1. The lowest BCUT2D eigenvalue weighted by Gasteiger charge is -2.09. The summed E-state index contributed by atoms with van der Waals surface area (Å²) in [5.74, 6) is 0.845. The predicted molar refractivity (Wildman–Crippen MR) is 108 cm³/mol. The summed E-state index contributed by atoms with van der Waals surface area (Å²) in [5, 5.41) is 3.55. The number of rotatable bonds is 7. The number of aryl methyl sites for hydroxylation is 1. The molecule has 0 radical (unpaired) electrons. The highest BCUT2D eigenvalue weighted by Crippen LogP contribution is 2.23. The van der Waals surface area contributed by atoms with Gasteiger partial charge in [0.1, 0.15) is 25.4 Å². The quantitative estimate of drug-likeness (QED) is 0.597. The van der Waals surface area contributed by atoms with Gasteiger partial charge in [-0.2, -0.15) is 0 Å². The Morgan fingerprint density at radius 3 is 2.38 bits per heavy atom. The summed E-state index contributed by atoms with van der Waals surface area (Å²) in [6.45, 7) is 4.40. The molecule has 0 aliphatic carbocycles. The highest BCUT2D eigenvalue weighted by molar-refractivity contribution is 6.35. The lowest BCUT2D eigenvalue weighted by molar-refractivity contribution is -0.686. The van der Waals surface area contributed by atoms with E-state index in [4.69, 9.17) is 27.9 Å². The monoisotopic (exact) mass is 386 g/mol. The molecule has 0 saturated carbocycles. The summed E-state index contributed by atoms with van der Waals surface area (Å²) in [4.78, 5) is 0. The van der Waals surface area contributed by atoms with Crippen molar-refractivity contribution in [3.63, 3.8) is 0 Å². The van der Waals surface area contributed by atoms with E-state index in [0.29, 0.717) is 16.7 Å². The van der Waals surface area contributed by atoms with Gasteiger partial charge in [0, 0.05) is 26.7 Å². The van der Waals surface area contributed by atoms with Crippen molar-refractivity contribution in [2.24, 2.45) is 0 Å².